The molecular weight excluding hydrogens is 212 g/mol. The van der Waals surface area contributed by atoms with Gasteiger partial charge < -0.3 is 10.6 Å². The highest BCUT2D eigenvalue weighted by molar-refractivity contribution is 6.02. The van der Waals surface area contributed by atoms with Gasteiger partial charge in [-0.25, -0.2) is 0 Å². The Morgan fingerprint density at radius 3 is 2.76 bits per heavy atom. The zero-order chi connectivity index (χ0) is 11.7. The van der Waals surface area contributed by atoms with E-state index in [1.165, 1.54) is 18.4 Å². The quantitative estimate of drug-likeness (QED) is 0.817. The summed E-state index contributed by atoms with van der Waals surface area (Å²) >= 11 is 0. The minimum absolute atomic E-state index is 0.0781. The Bertz CT molecular complexity index is 424. The first-order chi connectivity index (χ1) is 8.34. The highest BCUT2D eigenvalue weighted by Crippen LogP contribution is 2.37. The van der Waals surface area contributed by atoms with Crippen molar-refractivity contribution in [1.82, 2.24) is 5.32 Å². The molecule has 17 heavy (non-hydrogen) atoms. The number of amides is 1. The van der Waals surface area contributed by atoms with Crippen molar-refractivity contribution in [2.75, 3.05) is 18.4 Å². The minimum Gasteiger partial charge on any atom is -0.325 e. The third-order valence-electron chi connectivity index (χ3n) is 3.94. The highest BCUT2D eigenvalue weighted by Gasteiger charge is 2.32. The summed E-state index contributed by atoms with van der Waals surface area (Å²) in [5, 5.41) is 6.35. The van der Waals surface area contributed by atoms with Crippen molar-refractivity contribution in [2.45, 2.75) is 25.2 Å². The maximum Gasteiger partial charge on any atom is 0.232 e. The fraction of sp³-hybridized carbons (Fsp3) is 0.500. The smallest absolute Gasteiger partial charge is 0.232 e. The first-order valence-corrected chi connectivity index (χ1v) is 6.45. The molecule has 0 radical (unpaired) electrons. The predicted molar refractivity (Wildman–Crippen MR) is 68.0 cm³/mol. The minimum atomic E-state index is 0.0781. The van der Waals surface area contributed by atoms with Crippen LogP contribution in [0.1, 0.15) is 30.7 Å². The predicted octanol–water partition coefficient (Wildman–Crippen LogP) is 2.11. The molecule has 1 aromatic rings. The zero-order valence-corrected chi connectivity index (χ0v) is 9.91. The molecule has 0 aliphatic carbocycles. The van der Waals surface area contributed by atoms with Crippen molar-refractivity contribution in [1.29, 1.82) is 0 Å². The molecule has 2 heterocycles. The van der Waals surface area contributed by atoms with Gasteiger partial charge in [0.15, 0.2) is 0 Å². The number of hydrogen-bond donors (Lipinski definition) is 2. The lowest BCUT2D eigenvalue weighted by Gasteiger charge is -2.24. The van der Waals surface area contributed by atoms with Crippen LogP contribution in [-0.2, 0) is 4.79 Å². The fourth-order valence-electron chi connectivity index (χ4n) is 2.96. The molecule has 1 atom stereocenters. The summed E-state index contributed by atoms with van der Waals surface area (Å²) in [5.74, 6) is 0.956. The van der Waals surface area contributed by atoms with Crippen LogP contribution in [0.4, 0.5) is 5.69 Å². The van der Waals surface area contributed by atoms with Gasteiger partial charge in [-0.3, -0.25) is 4.79 Å². The monoisotopic (exact) mass is 230 g/mol. The number of carbonyl (C=O) groups excluding carboxylic acids is 1. The van der Waals surface area contributed by atoms with Gasteiger partial charge in [0.2, 0.25) is 5.91 Å². The molecule has 0 aromatic heterocycles. The molecule has 1 aromatic carbocycles. The van der Waals surface area contributed by atoms with Crippen molar-refractivity contribution in [3.8, 4) is 0 Å². The Morgan fingerprint density at radius 1 is 1.18 bits per heavy atom. The SMILES string of the molecule is O=C1Nc2ccccc2[C@@H]1CC1CCNCC1. The third kappa shape index (κ3) is 2.07. The highest BCUT2D eigenvalue weighted by atomic mass is 16.2. The van der Waals surface area contributed by atoms with Gasteiger partial charge >= 0.3 is 0 Å². The number of fused-ring (bicyclic) bond motifs is 1. The van der Waals surface area contributed by atoms with Crippen molar-refractivity contribution in [3.63, 3.8) is 0 Å². The summed E-state index contributed by atoms with van der Waals surface area (Å²) in [6.07, 6.45) is 3.41. The van der Waals surface area contributed by atoms with Crippen molar-refractivity contribution in [3.05, 3.63) is 29.8 Å². The zero-order valence-electron chi connectivity index (χ0n) is 9.91. The Balaban J connectivity index is 1.76. The second kappa shape index (κ2) is 4.49. The van der Waals surface area contributed by atoms with Crippen LogP contribution in [-0.4, -0.2) is 19.0 Å². The molecule has 0 spiro atoms. The summed E-state index contributed by atoms with van der Waals surface area (Å²) in [5.41, 5.74) is 2.20. The first-order valence-electron chi connectivity index (χ1n) is 6.45. The largest absolute Gasteiger partial charge is 0.325 e. The molecule has 0 unspecified atom stereocenters. The van der Waals surface area contributed by atoms with Crippen LogP contribution in [0, 0.1) is 5.92 Å². The van der Waals surface area contributed by atoms with Gasteiger partial charge in [0.25, 0.3) is 0 Å². The number of nitrogens with one attached hydrogen (secondary N) is 2. The normalized spacial score (nSPS) is 24.5. The van der Waals surface area contributed by atoms with Crippen molar-refractivity contribution < 1.29 is 4.79 Å². The van der Waals surface area contributed by atoms with Gasteiger partial charge in [-0.05, 0) is 49.9 Å². The average Bonchev–Trinajstić information content (AvgIpc) is 2.68. The number of carbonyl (C=O) groups is 1. The number of benzene rings is 1. The molecule has 1 amide bonds. The molecule has 1 saturated heterocycles. The van der Waals surface area contributed by atoms with Gasteiger partial charge in [-0.1, -0.05) is 18.2 Å². The fourth-order valence-corrected chi connectivity index (χ4v) is 2.96. The molecule has 2 N–H and O–H groups in total. The van der Waals surface area contributed by atoms with E-state index in [4.69, 9.17) is 0 Å². The molecule has 90 valence electrons. The van der Waals surface area contributed by atoms with E-state index in [1.807, 2.05) is 18.2 Å². The number of hydrogen-bond acceptors (Lipinski definition) is 2. The van der Waals surface area contributed by atoms with Crippen molar-refractivity contribution in [2.24, 2.45) is 5.92 Å². The third-order valence-corrected chi connectivity index (χ3v) is 3.94. The standard InChI is InChI=1S/C14H18N2O/c17-14-12(9-10-5-7-15-8-6-10)11-3-1-2-4-13(11)16-14/h1-4,10,12,15H,5-9H2,(H,16,17)/t12-/m0/s1. The molecule has 3 heteroatoms. The van der Waals surface area contributed by atoms with Crippen LogP contribution in [0.2, 0.25) is 0 Å². The number of rotatable bonds is 2. The maximum absolute atomic E-state index is 12.0. The van der Waals surface area contributed by atoms with E-state index in [2.05, 4.69) is 16.7 Å². The lowest BCUT2D eigenvalue weighted by Crippen LogP contribution is -2.29. The van der Waals surface area contributed by atoms with Gasteiger partial charge in [0.05, 0.1) is 5.92 Å². The molecule has 3 nitrogen and oxygen atoms in total. The topological polar surface area (TPSA) is 41.1 Å². The van der Waals surface area contributed by atoms with E-state index >= 15 is 0 Å². The van der Waals surface area contributed by atoms with E-state index in [1.54, 1.807) is 0 Å². The lowest BCUT2D eigenvalue weighted by molar-refractivity contribution is -0.117. The van der Waals surface area contributed by atoms with E-state index in [9.17, 15) is 4.79 Å². The Hall–Kier alpha value is -1.35. The molecule has 0 bridgehead atoms. The second-order valence-corrected chi connectivity index (χ2v) is 5.06. The summed E-state index contributed by atoms with van der Waals surface area (Å²) in [6.45, 7) is 2.20. The average molecular weight is 230 g/mol. The summed E-state index contributed by atoms with van der Waals surface area (Å²) in [7, 11) is 0. The molecule has 0 saturated carbocycles. The van der Waals surface area contributed by atoms with Crippen LogP contribution in [0.5, 0.6) is 0 Å². The van der Waals surface area contributed by atoms with Gasteiger partial charge in [0.1, 0.15) is 0 Å². The van der Waals surface area contributed by atoms with E-state index < -0.39 is 0 Å². The number of anilines is 1. The van der Waals surface area contributed by atoms with E-state index in [0.29, 0.717) is 5.92 Å². The van der Waals surface area contributed by atoms with E-state index in [-0.39, 0.29) is 11.8 Å². The molecule has 2 aliphatic rings. The molecule has 2 aliphatic heterocycles. The Kier molecular flexibility index (Phi) is 2.85. The van der Waals surface area contributed by atoms with Crippen LogP contribution in [0.3, 0.4) is 0 Å². The maximum atomic E-state index is 12.0. The Labute approximate surface area is 102 Å². The van der Waals surface area contributed by atoms with E-state index in [0.717, 1.165) is 25.2 Å². The van der Waals surface area contributed by atoms with Crippen LogP contribution >= 0.6 is 0 Å². The molecular formula is C14H18N2O. The second-order valence-electron chi connectivity index (χ2n) is 5.06. The molecule has 1 fully saturated rings. The summed E-state index contributed by atoms with van der Waals surface area (Å²) in [4.78, 5) is 12.0. The number of para-hydroxylation sites is 1. The van der Waals surface area contributed by atoms with Gasteiger partial charge in [-0.15, -0.1) is 0 Å². The van der Waals surface area contributed by atoms with Crippen LogP contribution in [0.25, 0.3) is 0 Å². The van der Waals surface area contributed by atoms with Crippen LogP contribution < -0.4 is 10.6 Å². The van der Waals surface area contributed by atoms with Crippen LogP contribution in [0.15, 0.2) is 24.3 Å². The number of piperidine rings is 1. The lowest BCUT2D eigenvalue weighted by atomic mass is 9.85. The van der Waals surface area contributed by atoms with Crippen molar-refractivity contribution >= 4 is 11.6 Å². The summed E-state index contributed by atoms with van der Waals surface area (Å²) in [6, 6.07) is 8.08. The van der Waals surface area contributed by atoms with Gasteiger partial charge in [0, 0.05) is 5.69 Å². The Morgan fingerprint density at radius 2 is 1.94 bits per heavy atom. The van der Waals surface area contributed by atoms with Gasteiger partial charge in [-0.2, -0.15) is 0 Å². The summed E-state index contributed by atoms with van der Waals surface area (Å²) < 4.78 is 0. The first kappa shape index (κ1) is 10.8. The molecule has 3 rings (SSSR count).